The number of aliphatic hydroxyl groups is 1. The third-order valence-electron chi connectivity index (χ3n) is 6.95. The van der Waals surface area contributed by atoms with Crippen molar-refractivity contribution in [2.45, 2.75) is 12.5 Å². The summed E-state index contributed by atoms with van der Waals surface area (Å²) in [6.45, 7) is 4.42. The summed E-state index contributed by atoms with van der Waals surface area (Å²) in [5.74, 6) is -0.637. The van der Waals surface area contributed by atoms with Crippen molar-refractivity contribution in [2.75, 3.05) is 46.5 Å². The van der Waals surface area contributed by atoms with E-state index >= 15 is 0 Å². The monoisotopic (exact) mass is 486 g/mol. The lowest BCUT2D eigenvalue weighted by molar-refractivity contribution is -0.140. The van der Waals surface area contributed by atoms with Gasteiger partial charge in [0.25, 0.3) is 11.7 Å². The van der Waals surface area contributed by atoms with E-state index in [0.717, 1.165) is 48.1 Å². The number of carbonyl (C=O) groups is 2. The molecule has 1 amide bonds. The van der Waals surface area contributed by atoms with Crippen molar-refractivity contribution in [1.82, 2.24) is 9.80 Å². The first-order valence-electron chi connectivity index (χ1n) is 12.3. The molecule has 0 radical (unpaired) electrons. The standard InChI is InChI=1S/C29H30N2O5/c1-35-24-11-10-21-18-23(9-8-22(21)19-24)27(32)25-26(20-6-3-2-4-7-20)31(29(34)28(25)33)13-5-12-30-14-16-36-17-15-30/h2-4,6-11,18-19,26,32H,5,12-17H2,1H3/b27-25+. The maximum absolute atomic E-state index is 13.3. The Morgan fingerprint density at radius 1 is 0.972 bits per heavy atom. The number of benzene rings is 3. The first-order chi connectivity index (χ1) is 17.6. The van der Waals surface area contributed by atoms with Gasteiger partial charge >= 0.3 is 0 Å². The van der Waals surface area contributed by atoms with Gasteiger partial charge < -0.3 is 19.5 Å². The lowest BCUT2D eigenvalue weighted by atomic mass is 9.94. The number of nitrogens with zero attached hydrogens (tertiary/aromatic N) is 2. The maximum Gasteiger partial charge on any atom is 0.295 e. The molecule has 0 bridgehead atoms. The summed E-state index contributed by atoms with van der Waals surface area (Å²) in [5.41, 5.74) is 1.43. The van der Waals surface area contributed by atoms with Crippen LogP contribution in [0.3, 0.4) is 0 Å². The zero-order chi connectivity index (χ0) is 25.1. The normalized spacial score (nSPS) is 20.2. The van der Waals surface area contributed by atoms with E-state index in [0.29, 0.717) is 25.3 Å². The number of morpholine rings is 1. The van der Waals surface area contributed by atoms with Crippen LogP contribution in [0.1, 0.15) is 23.6 Å². The molecule has 186 valence electrons. The second kappa shape index (κ2) is 10.5. The van der Waals surface area contributed by atoms with Crippen LogP contribution in [-0.2, 0) is 14.3 Å². The number of aliphatic hydroxyl groups excluding tert-OH is 1. The molecule has 0 aliphatic carbocycles. The summed E-state index contributed by atoms with van der Waals surface area (Å²) >= 11 is 0. The predicted molar refractivity (Wildman–Crippen MR) is 138 cm³/mol. The molecule has 7 nitrogen and oxygen atoms in total. The number of ether oxygens (including phenoxy) is 2. The number of methoxy groups -OCH3 is 1. The van der Waals surface area contributed by atoms with Crippen LogP contribution in [0.4, 0.5) is 0 Å². The molecule has 2 aliphatic rings. The van der Waals surface area contributed by atoms with Gasteiger partial charge in [-0.3, -0.25) is 14.5 Å². The van der Waals surface area contributed by atoms with E-state index in [9.17, 15) is 14.7 Å². The van der Waals surface area contributed by atoms with E-state index in [1.54, 1.807) is 18.1 Å². The van der Waals surface area contributed by atoms with Crippen LogP contribution in [0.15, 0.2) is 72.3 Å². The van der Waals surface area contributed by atoms with Crippen LogP contribution in [-0.4, -0.2) is 73.1 Å². The van der Waals surface area contributed by atoms with Crippen molar-refractivity contribution in [3.05, 3.63) is 83.4 Å². The van der Waals surface area contributed by atoms with Gasteiger partial charge in [0.05, 0.1) is 31.9 Å². The Balaban J connectivity index is 1.49. The summed E-state index contributed by atoms with van der Waals surface area (Å²) in [4.78, 5) is 30.4. The first kappa shape index (κ1) is 24.0. The highest BCUT2D eigenvalue weighted by Crippen LogP contribution is 2.39. The zero-order valence-electron chi connectivity index (χ0n) is 20.4. The molecule has 1 N–H and O–H groups in total. The summed E-state index contributed by atoms with van der Waals surface area (Å²) in [5, 5.41) is 13.2. The Morgan fingerprint density at radius 3 is 2.44 bits per heavy atom. The molecule has 0 saturated carbocycles. The number of carbonyl (C=O) groups excluding carboxylic acids is 2. The number of fused-ring (bicyclic) bond motifs is 1. The van der Waals surface area contributed by atoms with Crippen LogP contribution < -0.4 is 4.74 Å². The predicted octanol–water partition coefficient (Wildman–Crippen LogP) is 3.99. The fraction of sp³-hybridized carbons (Fsp3) is 0.310. The Kier molecular flexibility index (Phi) is 7.02. The maximum atomic E-state index is 13.3. The second-order valence-corrected chi connectivity index (χ2v) is 9.14. The molecule has 2 aliphatic heterocycles. The van der Waals surface area contributed by atoms with Crippen LogP contribution >= 0.6 is 0 Å². The third kappa shape index (κ3) is 4.72. The van der Waals surface area contributed by atoms with Gasteiger partial charge in [-0.1, -0.05) is 48.5 Å². The Labute approximate surface area is 210 Å². The van der Waals surface area contributed by atoms with Crippen LogP contribution in [0, 0.1) is 0 Å². The molecule has 5 rings (SSSR count). The minimum absolute atomic E-state index is 0.130. The lowest BCUT2D eigenvalue weighted by Gasteiger charge is -2.29. The van der Waals surface area contributed by atoms with Crippen molar-refractivity contribution in [3.63, 3.8) is 0 Å². The highest BCUT2D eigenvalue weighted by molar-refractivity contribution is 6.46. The van der Waals surface area contributed by atoms with Gasteiger partial charge in [-0.05, 0) is 41.0 Å². The number of ketones is 1. The van der Waals surface area contributed by atoms with Gasteiger partial charge in [0.2, 0.25) is 0 Å². The van der Waals surface area contributed by atoms with Gasteiger partial charge in [0.1, 0.15) is 11.5 Å². The molecule has 36 heavy (non-hydrogen) atoms. The number of hydrogen-bond donors (Lipinski definition) is 1. The van der Waals surface area contributed by atoms with E-state index in [-0.39, 0.29) is 11.3 Å². The topological polar surface area (TPSA) is 79.3 Å². The Morgan fingerprint density at radius 2 is 1.69 bits per heavy atom. The van der Waals surface area contributed by atoms with E-state index in [4.69, 9.17) is 9.47 Å². The summed E-state index contributed by atoms with van der Waals surface area (Å²) in [7, 11) is 1.62. The number of likely N-dealkylation sites (tertiary alicyclic amines) is 1. The molecule has 1 unspecified atom stereocenters. The molecule has 2 saturated heterocycles. The lowest BCUT2D eigenvalue weighted by Crippen LogP contribution is -2.38. The number of hydrogen-bond acceptors (Lipinski definition) is 6. The molecule has 0 spiro atoms. The highest BCUT2D eigenvalue weighted by atomic mass is 16.5. The average molecular weight is 487 g/mol. The third-order valence-corrected chi connectivity index (χ3v) is 6.95. The Bertz CT molecular complexity index is 1300. The van der Waals surface area contributed by atoms with Crippen molar-refractivity contribution < 1.29 is 24.2 Å². The summed E-state index contributed by atoms with van der Waals surface area (Å²) in [6, 6.07) is 20.0. The van der Waals surface area contributed by atoms with E-state index < -0.39 is 17.7 Å². The molecule has 0 aromatic heterocycles. The smallest absolute Gasteiger partial charge is 0.295 e. The zero-order valence-corrected chi connectivity index (χ0v) is 20.4. The van der Waals surface area contributed by atoms with E-state index in [2.05, 4.69) is 4.90 Å². The molecule has 3 aromatic carbocycles. The molecule has 3 aromatic rings. The van der Waals surface area contributed by atoms with Crippen LogP contribution in [0.25, 0.3) is 16.5 Å². The first-order valence-corrected chi connectivity index (χ1v) is 12.3. The number of amides is 1. The molecular weight excluding hydrogens is 456 g/mol. The largest absolute Gasteiger partial charge is 0.507 e. The van der Waals surface area contributed by atoms with E-state index in [1.807, 2.05) is 60.7 Å². The van der Waals surface area contributed by atoms with E-state index in [1.165, 1.54) is 0 Å². The minimum atomic E-state index is -0.650. The fourth-order valence-corrected chi connectivity index (χ4v) is 5.04. The van der Waals surface area contributed by atoms with Crippen molar-refractivity contribution in [3.8, 4) is 5.75 Å². The van der Waals surface area contributed by atoms with Crippen molar-refractivity contribution in [1.29, 1.82) is 0 Å². The number of Topliss-reactive ketones (excluding diaryl/α,β-unsaturated/α-hetero) is 1. The van der Waals surface area contributed by atoms with Gasteiger partial charge in [-0.15, -0.1) is 0 Å². The van der Waals surface area contributed by atoms with Gasteiger partial charge in [0, 0.05) is 31.7 Å². The minimum Gasteiger partial charge on any atom is -0.507 e. The molecule has 2 fully saturated rings. The second-order valence-electron chi connectivity index (χ2n) is 9.14. The number of rotatable bonds is 7. The van der Waals surface area contributed by atoms with Crippen LogP contribution in [0.2, 0.25) is 0 Å². The summed E-state index contributed by atoms with van der Waals surface area (Å²) < 4.78 is 10.7. The molecule has 2 heterocycles. The molecule has 7 heteroatoms. The van der Waals surface area contributed by atoms with Gasteiger partial charge in [-0.2, -0.15) is 0 Å². The van der Waals surface area contributed by atoms with Crippen molar-refractivity contribution in [2.24, 2.45) is 0 Å². The molecular formula is C29H30N2O5. The van der Waals surface area contributed by atoms with Gasteiger partial charge in [0.15, 0.2) is 0 Å². The van der Waals surface area contributed by atoms with Crippen LogP contribution in [0.5, 0.6) is 5.75 Å². The Hall–Kier alpha value is -3.68. The average Bonchev–Trinajstić information content (AvgIpc) is 3.18. The quantitative estimate of drug-likeness (QED) is 0.309. The fourth-order valence-electron chi connectivity index (χ4n) is 5.04. The highest BCUT2D eigenvalue weighted by Gasteiger charge is 2.45. The van der Waals surface area contributed by atoms with Crippen molar-refractivity contribution >= 4 is 28.2 Å². The summed E-state index contributed by atoms with van der Waals surface area (Å²) in [6.07, 6.45) is 0.730. The van der Waals surface area contributed by atoms with Gasteiger partial charge in [-0.25, -0.2) is 0 Å². The molecule has 1 atom stereocenters. The SMILES string of the molecule is COc1ccc2cc(/C(O)=C3\C(=O)C(=O)N(CCCN4CCOCC4)C3c3ccccc3)ccc2c1.